The molecular weight excluding hydrogens is 255 g/mol. The van der Waals surface area contributed by atoms with Gasteiger partial charge >= 0.3 is 0 Å². The Morgan fingerprint density at radius 2 is 2.28 bits per heavy atom. The topological polar surface area (TPSA) is 78.8 Å². The summed E-state index contributed by atoms with van der Waals surface area (Å²) in [5.41, 5.74) is 6.00. The van der Waals surface area contributed by atoms with Crippen molar-refractivity contribution in [3.63, 3.8) is 0 Å². The second-order valence-electron chi connectivity index (χ2n) is 3.90. The molecule has 0 amide bonds. The maximum atomic E-state index is 14.0. The van der Waals surface area contributed by atoms with Crippen LogP contribution in [0.3, 0.4) is 0 Å². The van der Waals surface area contributed by atoms with E-state index in [1.807, 2.05) is 6.92 Å². The average Bonchev–Trinajstić information content (AvgIpc) is 2.37. The van der Waals surface area contributed by atoms with Crippen molar-refractivity contribution < 1.29 is 14.7 Å². The molecule has 0 aliphatic heterocycles. The van der Waals surface area contributed by atoms with Crippen LogP contribution in [0.15, 0.2) is 23.4 Å². The highest BCUT2D eigenvalue weighted by Gasteiger charge is 2.12. The molecule has 0 fully saturated rings. The molecule has 100 valence electrons. The Balaban J connectivity index is 2.78. The molecule has 0 heterocycles. The van der Waals surface area contributed by atoms with Crippen LogP contribution in [-0.4, -0.2) is 28.0 Å². The summed E-state index contributed by atoms with van der Waals surface area (Å²) in [4.78, 5) is 0. The molecule has 6 heteroatoms. The third-order valence-corrected chi connectivity index (χ3v) is 3.80. The largest absolute Gasteiger partial charge is 0.409 e. The fraction of sp³-hybridized carbons (Fsp3) is 0.417. The van der Waals surface area contributed by atoms with Gasteiger partial charge in [0.05, 0.1) is 5.56 Å². The molecule has 1 rings (SSSR count). The molecule has 4 N–H and O–H groups in total. The first kappa shape index (κ1) is 14.8. The number of oxime groups is 1. The molecule has 1 atom stereocenters. The predicted octanol–water partition coefficient (Wildman–Crippen LogP) is 1.92. The first-order valence-electron chi connectivity index (χ1n) is 5.58. The lowest BCUT2D eigenvalue weighted by molar-refractivity contribution is 0.289. The zero-order valence-corrected chi connectivity index (χ0v) is 11.0. The number of halogens is 1. The molecule has 1 unspecified atom stereocenters. The van der Waals surface area contributed by atoms with Crippen molar-refractivity contribution in [1.82, 2.24) is 0 Å². The monoisotopic (exact) mass is 272 g/mol. The molecular formula is C12H17FN2O2S. The maximum absolute atomic E-state index is 14.0. The fourth-order valence-corrected chi connectivity index (χ4v) is 2.40. The molecule has 0 aromatic heterocycles. The Morgan fingerprint density at radius 1 is 1.56 bits per heavy atom. The maximum Gasteiger partial charge on any atom is 0.173 e. The molecule has 0 aliphatic carbocycles. The highest BCUT2D eigenvalue weighted by Crippen LogP contribution is 2.23. The minimum Gasteiger partial charge on any atom is -0.409 e. The van der Waals surface area contributed by atoms with E-state index in [1.54, 1.807) is 23.9 Å². The Bertz CT molecular complexity index is 427. The average molecular weight is 272 g/mol. The number of aliphatic hydroxyl groups excluding tert-OH is 1. The Morgan fingerprint density at radius 3 is 2.89 bits per heavy atom. The van der Waals surface area contributed by atoms with Gasteiger partial charge in [-0.15, -0.1) is 0 Å². The van der Waals surface area contributed by atoms with E-state index in [9.17, 15) is 4.39 Å². The highest BCUT2D eigenvalue weighted by atomic mass is 32.2. The van der Waals surface area contributed by atoms with Crippen LogP contribution in [0, 0.1) is 5.82 Å². The summed E-state index contributed by atoms with van der Waals surface area (Å²) in [6.45, 7) is 2.10. The number of benzene rings is 1. The first-order chi connectivity index (χ1) is 8.60. The SMILES string of the molecule is CC(CCO)SCc1cccc(/C(N)=N/O)c1F. The van der Waals surface area contributed by atoms with Crippen LogP contribution in [0.4, 0.5) is 4.39 Å². The molecule has 0 radical (unpaired) electrons. The Labute approximate surface area is 110 Å². The van der Waals surface area contributed by atoms with E-state index >= 15 is 0 Å². The van der Waals surface area contributed by atoms with Gasteiger partial charge < -0.3 is 16.0 Å². The molecule has 1 aromatic carbocycles. The number of nitrogens with two attached hydrogens (primary N) is 1. The smallest absolute Gasteiger partial charge is 0.173 e. The summed E-state index contributed by atoms with van der Waals surface area (Å²) in [7, 11) is 0. The number of aliphatic hydroxyl groups is 1. The third-order valence-electron chi connectivity index (χ3n) is 2.52. The van der Waals surface area contributed by atoms with Crippen molar-refractivity contribution in [1.29, 1.82) is 0 Å². The standard InChI is InChI=1S/C12H17FN2O2S/c1-8(5-6-16)18-7-9-3-2-4-10(11(9)13)12(14)15-17/h2-4,8,16-17H,5-7H2,1H3,(H2,14,15). The normalized spacial score (nSPS) is 13.6. The van der Waals surface area contributed by atoms with Crippen molar-refractivity contribution in [2.24, 2.45) is 10.9 Å². The zero-order valence-electron chi connectivity index (χ0n) is 10.1. The van der Waals surface area contributed by atoms with E-state index in [0.29, 0.717) is 17.7 Å². The molecule has 0 spiro atoms. The second-order valence-corrected chi connectivity index (χ2v) is 5.32. The number of nitrogens with zero attached hydrogens (tertiary/aromatic N) is 1. The minimum absolute atomic E-state index is 0.102. The van der Waals surface area contributed by atoms with Crippen LogP contribution >= 0.6 is 11.8 Å². The Hall–Kier alpha value is -1.27. The number of thioether (sulfide) groups is 1. The van der Waals surface area contributed by atoms with Crippen LogP contribution in [-0.2, 0) is 5.75 Å². The summed E-state index contributed by atoms with van der Waals surface area (Å²) >= 11 is 1.55. The van der Waals surface area contributed by atoms with Gasteiger partial charge in [-0.05, 0) is 18.1 Å². The van der Waals surface area contributed by atoms with Crippen LogP contribution in [0.25, 0.3) is 0 Å². The van der Waals surface area contributed by atoms with Crippen LogP contribution < -0.4 is 5.73 Å². The lowest BCUT2D eigenvalue weighted by atomic mass is 10.1. The van der Waals surface area contributed by atoms with Gasteiger partial charge in [0.1, 0.15) is 5.82 Å². The molecule has 0 saturated carbocycles. The van der Waals surface area contributed by atoms with Gasteiger partial charge in [0.15, 0.2) is 5.84 Å². The van der Waals surface area contributed by atoms with Gasteiger partial charge in [0.2, 0.25) is 0 Å². The quantitative estimate of drug-likeness (QED) is 0.320. The number of amidine groups is 1. The number of hydrogen-bond donors (Lipinski definition) is 3. The van der Waals surface area contributed by atoms with E-state index in [0.717, 1.165) is 0 Å². The van der Waals surface area contributed by atoms with E-state index in [4.69, 9.17) is 16.0 Å². The predicted molar refractivity (Wildman–Crippen MR) is 71.4 cm³/mol. The summed E-state index contributed by atoms with van der Waals surface area (Å²) in [6.07, 6.45) is 0.673. The first-order valence-corrected chi connectivity index (χ1v) is 6.62. The number of rotatable bonds is 6. The third kappa shape index (κ3) is 3.89. The van der Waals surface area contributed by atoms with Crippen molar-refractivity contribution in [3.8, 4) is 0 Å². The minimum atomic E-state index is -0.462. The van der Waals surface area contributed by atoms with Crippen molar-refractivity contribution in [3.05, 3.63) is 35.1 Å². The second kappa shape index (κ2) is 7.23. The van der Waals surface area contributed by atoms with Gasteiger partial charge in [-0.1, -0.05) is 24.2 Å². The van der Waals surface area contributed by atoms with Crippen molar-refractivity contribution >= 4 is 17.6 Å². The van der Waals surface area contributed by atoms with Crippen LogP contribution in [0.1, 0.15) is 24.5 Å². The molecule has 0 aliphatic rings. The van der Waals surface area contributed by atoms with Gasteiger partial charge in [0.25, 0.3) is 0 Å². The fourth-order valence-electron chi connectivity index (χ4n) is 1.44. The zero-order chi connectivity index (χ0) is 13.5. The van der Waals surface area contributed by atoms with Crippen LogP contribution in [0.5, 0.6) is 0 Å². The molecule has 18 heavy (non-hydrogen) atoms. The summed E-state index contributed by atoms with van der Waals surface area (Å²) in [6, 6.07) is 4.81. The lowest BCUT2D eigenvalue weighted by Crippen LogP contribution is -2.16. The van der Waals surface area contributed by atoms with E-state index in [1.165, 1.54) is 6.07 Å². The van der Waals surface area contributed by atoms with Gasteiger partial charge in [-0.2, -0.15) is 11.8 Å². The van der Waals surface area contributed by atoms with E-state index in [-0.39, 0.29) is 23.3 Å². The Kier molecular flexibility index (Phi) is 5.94. The molecule has 0 bridgehead atoms. The lowest BCUT2D eigenvalue weighted by Gasteiger charge is -2.11. The molecule has 4 nitrogen and oxygen atoms in total. The molecule has 0 saturated heterocycles. The van der Waals surface area contributed by atoms with Crippen LogP contribution in [0.2, 0.25) is 0 Å². The number of hydrogen-bond acceptors (Lipinski definition) is 4. The highest BCUT2D eigenvalue weighted by molar-refractivity contribution is 7.99. The summed E-state index contributed by atoms with van der Waals surface area (Å²) < 4.78 is 14.0. The van der Waals surface area contributed by atoms with E-state index in [2.05, 4.69) is 5.16 Å². The molecule has 1 aromatic rings. The van der Waals surface area contributed by atoms with Gasteiger partial charge in [0, 0.05) is 17.6 Å². The van der Waals surface area contributed by atoms with Crippen molar-refractivity contribution in [2.45, 2.75) is 24.3 Å². The van der Waals surface area contributed by atoms with Gasteiger partial charge in [-0.25, -0.2) is 4.39 Å². The van der Waals surface area contributed by atoms with Crippen molar-refractivity contribution in [2.75, 3.05) is 6.61 Å². The summed E-state index contributed by atoms with van der Waals surface area (Å²) in [5, 5.41) is 20.4. The van der Waals surface area contributed by atoms with E-state index < -0.39 is 5.82 Å². The summed E-state index contributed by atoms with van der Waals surface area (Å²) in [5.74, 6) is -0.209. The van der Waals surface area contributed by atoms with Gasteiger partial charge in [-0.3, -0.25) is 0 Å².